The Hall–Kier alpha value is -5.50. The van der Waals surface area contributed by atoms with Crippen LogP contribution in [-0.2, 0) is 9.59 Å². The Morgan fingerprint density at radius 2 is 0.958 bits per heavy atom. The van der Waals surface area contributed by atoms with Crippen molar-refractivity contribution in [1.82, 2.24) is 19.6 Å². The Balaban J connectivity index is 1.18. The summed E-state index contributed by atoms with van der Waals surface area (Å²) in [6, 6.07) is 28.9. The van der Waals surface area contributed by atoms with Crippen LogP contribution < -0.4 is 10.6 Å². The van der Waals surface area contributed by atoms with Crippen LogP contribution in [0.15, 0.2) is 107 Å². The lowest BCUT2D eigenvalue weighted by atomic mass is 9.74. The number of aromatic nitrogens is 4. The summed E-state index contributed by atoms with van der Waals surface area (Å²) in [5.74, 6) is 1.79. The second kappa shape index (κ2) is 11.0. The average Bonchev–Trinajstić information content (AvgIpc) is 3.63. The number of aryl methyl sites for hydroxylation is 2. The molecule has 238 valence electrons. The first-order valence-corrected chi connectivity index (χ1v) is 16.9. The van der Waals surface area contributed by atoms with Crippen molar-refractivity contribution in [2.75, 3.05) is 10.6 Å². The fraction of sp³-hybridized carbons (Fsp3) is 0.250. The summed E-state index contributed by atoms with van der Waals surface area (Å²) in [6.45, 7) is 4.07. The number of allylic oxidation sites excluding steroid dienone is 4. The van der Waals surface area contributed by atoms with Gasteiger partial charge in [-0.1, -0.05) is 60.7 Å². The number of Topliss-reactive ketones (excluding diaryl/α,β-unsaturated/α-hetero) is 2. The lowest BCUT2D eigenvalue weighted by Gasteiger charge is -2.34. The summed E-state index contributed by atoms with van der Waals surface area (Å²) in [7, 11) is 0. The van der Waals surface area contributed by atoms with Crippen molar-refractivity contribution in [1.29, 1.82) is 0 Å². The zero-order valence-corrected chi connectivity index (χ0v) is 27.1. The molecule has 4 heterocycles. The van der Waals surface area contributed by atoms with Crippen LogP contribution in [0, 0.1) is 13.8 Å². The normalized spacial score (nSPS) is 20.0. The minimum atomic E-state index is -0.229. The van der Waals surface area contributed by atoms with E-state index in [4.69, 9.17) is 10.2 Å². The second-order valence-corrected chi connectivity index (χ2v) is 13.3. The monoisotopic (exact) mass is 632 g/mol. The molecule has 2 aliphatic heterocycles. The molecule has 0 spiro atoms. The van der Waals surface area contributed by atoms with E-state index in [1.807, 2.05) is 59.6 Å². The van der Waals surface area contributed by atoms with Gasteiger partial charge in [-0.15, -0.1) is 0 Å². The maximum atomic E-state index is 13.6. The predicted molar refractivity (Wildman–Crippen MR) is 186 cm³/mol. The van der Waals surface area contributed by atoms with E-state index < -0.39 is 0 Å². The summed E-state index contributed by atoms with van der Waals surface area (Å²) in [6.07, 6.45) is 4.44. The molecular weight excluding hydrogens is 596 g/mol. The van der Waals surface area contributed by atoms with Gasteiger partial charge in [-0.2, -0.15) is 10.2 Å². The Morgan fingerprint density at radius 3 is 1.35 bits per heavy atom. The van der Waals surface area contributed by atoms with E-state index in [0.717, 1.165) is 105 Å². The number of hydrogen-bond donors (Lipinski definition) is 2. The predicted octanol–water partition coefficient (Wildman–Crippen LogP) is 7.80. The van der Waals surface area contributed by atoms with Crippen molar-refractivity contribution in [3.8, 4) is 11.4 Å². The minimum Gasteiger partial charge on any atom is -0.343 e. The Labute approximate surface area is 279 Å². The molecule has 3 aromatic carbocycles. The molecular formula is C40H36N6O2. The van der Waals surface area contributed by atoms with E-state index in [1.54, 1.807) is 0 Å². The first-order valence-electron chi connectivity index (χ1n) is 16.9. The molecule has 2 aromatic heterocycles. The van der Waals surface area contributed by atoms with Crippen LogP contribution in [0.2, 0.25) is 0 Å². The molecule has 5 aromatic rings. The highest BCUT2D eigenvalue weighted by atomic mass is 16.1. The van der Waals surface area contributed by atoms with E-state index in [0.29, 0.717) is 12.8 Å². The van der Waals surface area contributed by atoms with Gasteiger partial charge in [0.1, 0.15) is 11.6 Å². The van der Waals surface area contributed by atoms with Crippen LogP contribution in [0.5, 0.6) is 0 Å². The fourth-order valence-electron chi connectivity index (χ4n) is 8.30. The molecule has 0 saturated heterocycles. The highest BCUT2D eigenvalue weighted by Gasteiger charge is 2.41. The van der Waals surface area contributed by atoms with Gasteiger partial charge >= 0.3 is 0 Å². The van der Waals surface area contributed by atoms with E-state index >= 15 is 0 Å². The van der Waals surface area contributed by atoms with Crippen molar-refractivity contribution in [2.45, 2.75) is 64.2 Å². The molecule has 0 bridgehead atoms. The SMILES string of the molecule is Cc1nn(-c2ccccc2)c2c1C(c1ccc(C3C4=C(CCCC4=O)Nc4c3c(C)nn4-c3ccccc3)cc1)C1=C(CCCC1=O)N2. The second-order valence-electron chi connectivity index (χ2n) is 13.3. The molecule has 8 heteroatoms. The van der Waals surface area contributed by atoms with Crippen LogP contribution >= 0.6 is 0 Å². The van der Waals surface area contributed by atoms with Gasteiger partial charge in [0, 0.05) is 58.3 Å². The highest BCUT2D eigenvalue weighted by molar-refractivity contribution is 6.02. The Kier molecular flexibility index (Phi) is 6.61. The minimum absolute atomic E-state index is 0.199. The van der Waals surface area contributed by atoms with Gasteiger partial charge in [-0.25, -0.2) is 9.36 Å². The molecule has 0 radical (unpaired) electrons. The van der Waals surface area contributed by atoms with Crippen LogP contribution in [0.25, 0.3) is 11.4 Å². The van der Waals surface area contributed by atoms with Crippen LogP contribution in [0.1, 0.15) is 84.0 Å². The lowest BCUT2D eigenvalue weighted by molar-refractivity contribution is -0.117. The number of anilines is 2. The summed E-state index contributed by atoms with van der Waals surface area (Å²) in [5, 5.41) is 17.3. The maximum absolute atomic E-state index is 13.6. The van der Waals surface area contributed by atoms with Gasteiger partial charge in [0.05, 0.1) is 22.8 Å². The Bertz CT molecular complexity index is 2030. The fourth-order valence-corrected chi connectivity index (χ4v) is 8.30. The summed E-state index contributed by atoms with van der Waals surface area (Å²) >= 11 is 0. The largest absolute Gasteiger partial charge is 0.343 e. The number of nitrogens with one attached hydrogen (secondary N) is 2. The third-order valence-electron chi connectivity index (χ3n) is 10.4. The van der Waals surface area contributed by atoms with E-state index in [1.165, 1.54) is 0 Å². The average molecular weight is 633 g/mol. The molecule has 0 saturated carbocycles. The van der Waals surface area contributed by atoms with Gasteiger partial charge in [-0.3, -0.25) is 9.59 Å². The molecule has 0 fully saturated rings. The maximum Gasteiger partial charge on any atom is 0.161 e. The lowest BCUT2D eigenvalue weighted by Crippen LogP contribution is -2.28. The van der Waals surface area contributed by atoms with Gasteiger partial charge in [0.2, 0.25) is 0 Å². The molecule has 4 aliphatic rings. The standard InChI is InChI=1S/C40H36N6O2/c1-23-33-35(37-29(15-9-17-31(37)47)41-39(33)45(43-23)27-11-5-3-6-12-27)25-19-21-26(22-20-25)36-34-24(2)44-46(28-13-7-4-8-14-28)40(34)42-30-16-10-18-32(48)38(30)36/h3-8,11-14,19-22,35-36,41-42H,9-10,15-18H2,1-2H3. The van der Waals surface area contributed by atoms with E-state index in [2.05, 4.69) is 59.2 Å². The van der Waals surface area contributed by atoms with Crippen molar-refractivity contribution in [2.24, 2.45) is 0 Å². The topological polar surface area (TPSA) is 93.8 Å². The number of hydrogen-bond acceptors (Lipinski definition) is 6. The van der Waals surface area contributed by atoms with Crippen molar-refractivity contribution in [3.05, 3.63) is 141 Å². The molecule has 2 N–H and O–H groups in total. The van der Waals surface area contributed by atoms with Crippen molar-refractivity contribution in [3.63, 3.8) is 0 Å². The molecule has 9 rings (SSSR count). The van der Waals surface area contributed by atoms with E-state index in [-0.39, 0.29) is 23.4 Å². The first kappa shape index (κ1) is 28.7. The molecule has 48 heavy (non-hydrogen) atoms. The van der Waals surface area contributed by atoms with Gasteiger partial charge in [0.25, 0.3) is 0 Å². The smallest absolute Gasteiger partial charge is 0.161 e. The van der Waals surface area contributed by atoms with Gasteiger partial charge < -0.3 is 10.6 Å². The zero-order valence-electron chi connectivity index (χ0n) is 27.1. The van der Waals surface area contributed by atoms with Crippen LogP contribution in [-0.4, -0.2) is 31.1 Å². The Morgan fingerprint density at radius 1 is 0.562 bits per heavy atom. The number of nitrogens with zero attached hydrogens (tertiary/aromatic N) is 4. The van der Waals surface area contributed by atoms with Crippen LogP contribution in [0.3, 0.4) is 0 Å². The van der Waals surface area contributed by atoms with Gasteiger partial charge in [0.15, 0.2) is 11.6 Å². The molecule has 8 nitrogen and oxygen atoms in total. The first-order chi connectivity index (χ1) is 23.5. The number of benzene rings is 3. The zero-order chi connectivity index (χ0) is 32.5. The third kappa shape index (κ3) is 4.35. The summed E-state index contributed by atoms with van der Waals surface area (Å²) in [4.78, 5) is 27.3. The third-order valence-corrected chi connectivity index (χ3v) is 10.4. The number of carbonyl (C=O) groups excluding carboxylic acids is 2. The summed E-state index contributed by atoms with van der Waals surface area (Å²) in [5.41, 5.74) is 11.6. The molecule has 2 unspecified atom stereocenters. The number of rotatable bonds is 4. The molecule has 2 atom stereocenters. The number of fused-ring (bicyclic) bond motifs is 2. The van der Waals surface area contributed by atoms with Crippen LogP contribution in [0.4, 0.5) is 11.6 Å². The number of para-hydroxylation sites is 2. The van der Waals surface area contributed by atoms with Crippen molar-refractivity contribution < 1.29 is 9.59 Å². The molecule has 0 amide bonds. The summed E-state index contributed by atoms with van der Waals surface area (Å²) < 4.78 is 3.95. The van der Waals surface area contributed by atoms with Gasteiger partial charge in [-0.05, 0) is 74.9 Å². The molecule has 2 aliphatic carbocycles. The van der Waals surface area contributed by atoms with E-state index in [9.17, 15) is 9.59 Å². The van der Waals surface area contributed by atoms with Crippen molar-refractivity contribution >= 4 is 23.2 Å². The number of carbonyl (C=O) groups is 2. The number of ketones is 2. The quantitative estimate of drug-likeness (QED) is 0.210. The highest BCUT2D eigenvalue weighted by Crippen LogP contribution is 2.50.